The third-order valence-corrected chi connectivity index (χ3v) is 7.82. The number of hydrogen-bond donors (Lipinski definition) is 1. The molecule has 146 valence electrons. The summed E-state index contributed by atoms with van der Waals surface area (Å²) in [6.45, 7) is 3.45. The minimum Gasteiger partial charge on any atom is -0.477 e. The van der Waals surface area contributed by atoms with Crippen LogP contribution in [-0.4, -0.2) is 52.0 Å². The molecule has 28 heavy (non-hydrogen) atoms. The Labute approximate surface area is 161 Å². The molecule has 3 aliphatic carbocycles. The van der Waals surface area contributed by atoms with Crippen LogP contribution in [0.25, 0.3) is 0 Å². The highest BCUT2D eigenvalue weighted by molar-refractivity contribution is 5.91. The molecular formula is C21H21NO6. The van der Waals surface area contributed by atoms with Crippen LogP contribution in [0.15, 0.2) is 12.1 Å². The van der Waals surface area contributed by atoms with Gasteiger partial charge in [-0.25, -0.2) is 0 Å². The van der Waals surface area contributed by atoms with Crippen LogP contribution in [0.4, 0.5) is 0 Å². The highest BCUT2D eigenvalue weighted by Gasteiger charge is 2.83. The van der Waals surface area contributed by atoms with Crippen LogP contribution in [0.2, 0.25) is 0 Å². The van der Waals surface area contributed by atoms with Crippen LogP contribution < -0.4 is 9.47 Å². The van der Waals surface area contributed by atoms with Crippen molar-refractivity contribution in [2.24, 2.45) is 5.41 Å². The molecule has 2 aliphatic heterocycles. The van der Waals surface area contributed by atoms with Crippen LogP contribution in [0.1, 0.15) is 44.2 Å². The number of carbonyl (C=O) groups excluding carboxylic acids is 3. The van der Waals surface area contributed by atoms with Gasteiger partial charge in [0.25, 0.3) is 0 Å². The summed E-state index contributed by atoms with van der Waals surface area (Å²) in [5, 5.41) is 12.1. The number of esters is 1. The number of fused-ring (bicyclic) bond motifs is 1. The highest BCUT2D eigenvalue weighted by atomic mass is 16.6. The van der Waals surface area contributed by atoms with Crippen molar-refractivity contribution in [3.05, 3.63) is 23.3 Å². The van der Waals surface area contributed by atoms with Gasteiger partial charge in [-0.2, -0.15) is 0 Å². The molecule has 6 rings (SSSR count). The minimum atomic E-state index is -1.22. The molecule has 1 aromatic rings. The molecule has 1 N–H and O–H groups in total. The fraction of sp³-hybridized carbons (Fsp3) is 0.571. The smallest absolute Gasteiger partial charge is 0.308 e. The minimum absolute atomic E-state index is 0.0340. The maximum absolute atomic E-state index is 12.9. The Bertz CT molecular complexity index is 1000. The number of carbonyl (C=O) groups is 3. The molecular weight excluding hydrogens is 362 g/mol. The Balaban J connectivity index is 1.63. The van der Waals surface area contributed by atoms with Crippen molar-refractivity contribution in [3.8, 4) is 11.5 Å². The van der Waals surface area contributed by atoms with E-state index in [1.165, 1.54) is 13.8 Å². The summed E-state index contributed by atoms with van der Waals surface area (Å²) in [5.74, 6) is 0.162. The molecule has 3 fully saturated rings. The van der Waals surface area contributed by atoms with E-state index in [1.807, 2.05) is 6.07 Å². The van der Waals surface area contributed by atoms with Crippen LogP contribution >= 0.6 is 0 Å². The average Bonchev–Trinajstić information content (AvgIpc) is 3.02. The molecule has 5 aliphatic rings. The van der Waals surface area contributed by atoms with Crippen molar-refractivity contribution in [1.29, 1.82) is 0 Å². The lowest BCUT2D eigenvalue weighted by Crippen LogP contribution is -2.72. The van der Waals surface area contributed by atoms with Gasteiger partial charge in [0, 0.05) is 37.8 Å². The van der Waals surface area contributed by atoms with Gasteiger partial charge in [0.15, 0.2) is 23.4 Å². The molecule has 7 nitrogen and oxygen atoms in total. The van der Waals surface area contributed by atoms with E-state index in [-0.39, 0.29) is 29.6 Å². The molecule has 2 bridgehead atoms. The molecule has 1 unspecified atom stereocenters. The summed E-state index contributed by atoms with van der Waals surface area (Å²) in [5.41, 5.74) is -0.491. The molecule has 5 atom stereocenters. The zero-order valence-corrected chi connectivity index (χ0v) is 15.8. The number of benzene rings is 1. The number of hydrogen-bond acceptors (Lipinski definition) is 6. The van der Waals surface area contributed by atoms with Crippen molar-refractivity contribution < 1.29 is 29.0 Å². The first-order valence-electron chi connectivity index (χ1n) is 9.77. The number of nitrogens with zero attached hydrogens (tertiary/aromatic N) is 1. The fourth-order valence-electron chi connectivity index (χ4n) is 7.20. The lowest BCUT2D eigenvalue weighted by atomic mass is 9.57. The van der Waals surface area contributed by atoms with E-state index in [9.17, 15) is 19.5 Å². The van der Waals surface area contributed by atoms with Crippen molar-refractivity contribution in [3.63, 3.8) is 0 Å². The molecule has 0 aromatic heterocycles. The Morgan fingerprint density at radius 3 is 2.82 bits per heavy atom. The van der Waals surface area contributed by atoms with E-state index in [1.54, 1.807) is 11.0 Å². The summed E-state index contributed by atoms with van der Waals surface area (Å²) < 4.78 is 11.5. The first-order chi connectivity index (χ1) is 13.2. The van der Waals surface area contributed by atoms with Crippen molar-refractivity contribution >= 4 is 17.7 Å². The predicted molar refractivity (Wildman–Crippen MR) is 95.0 cm³/mol. The highest BCUT2D eigenvalue weighted by Crippen LogP contribution is 2.74. The molecule has 7 heteroatoms. The second kappa shape index (κ2) is 4.59. The number of ether oxygens (including phenoxy) is 2. The molecule has 2 saturated carbocycles. The summed E-state index contributed by atoms with van der Waals surface area (Å²) in [6, 6.07) is 3.32. The van der Waals surface area contributed by atoms with E-state index in [0.29, 0.717) is 30.9 Å². The number of rotatable bonds is 1. The van der Waals surface area contributed by atoms with Gasteiger partial charge in [0.05, 0.1) is 17.1 Å². The summed E-state index contributed by atoms with van der Waals surface area (Å²) >= 11 is 0. The molecule has 1 aromatic carbocycles. The zero-order valence-electron chi connectivity index (χ0n) is 15.8. The average molecular weight is 383 g/mol. The third-order valence-electron chi connectivity index (χ3n) is 7.82. The number of ketones is 1. The van der Waals surface area contributed by atoms with Crippen molar-refractivity contribution in [1.82, 2.24) is 4.90 Å². The Morgan fingerprint density at radius 1 is 1.32 bits per heavy atom. The Hall–Kier alpha value is -2.41. The van der Waals surface area contributed by atoms with Crippen LogP contribution in [0.5, 0.6) is 11.5 Å². The second-order valence-electron chi connectivity index (χ2n) is 9.15. The standard InChI is InChI=1S/C21H21NO6/c1-10(23)22-9-19-7-12-3-4-14(27-11(2)24)16-15(12)20(8-19)17(28-16)13(25)5-6-21(20,26)18(19)22/h3-4,17-18,26H,5-9H2,1-2H3/t17-,18+,19?,20-,21+/m0/s1. The molecule has 1 amide bonds. The van der Waals surface area contributed by atoms with E-state index >= 15 is 0 Å². The Morgan fingerprint density at radius 2 is 2.11 bits per heavy atom. The van der Waals surface area contributed by atoms with E-state index in [0.717, 1.165) is 17.5 Å². The lowest BCUT2D eigenvalue weighted by molar-refractivity contribution is -0.180. The van der Waals surface area contributed by atoms with Gasteiger partial charge >= 0.3 is 5.97 Å². The topological polar surface area (TPSA) is 93.1 Å². The molecule has 2 spiro atoms. The maximum Gasteiger partial charge on any atom is 0.308 e. The monoisotopic (exact) mass is 383 g/mol. The SMILES string of the molecule is CC(=O)Oc1ccc2c3c1O[C@H]1C(=O)CC[C@@]4(O)[C@@H]5N(C(C)=O)CC5(C2)C[C@]314. The van der Waals surface area contributed by atoms with Crippen molar-refractivity contribution in [2.75, 3.05) is 6.54 Å². The van der Waals surface area contributed by atoms with Gasteiger partial charge in [0.2, 0.25) is 5.91 Å². The predicted octanol–water partition coefficient (Wildman–Crippen LogP) is 0.882. The van der Waals surface area contributed by atoms with E-state index < -0.39 is 23.1 Å². The van der Waals surface area contributed by atoms with E-state index in [4.69, 9.17) is 9.47 Å². The first-order valence-corrected chi connectivity index (χ1v) is 9.77. The van der Waals surface area contributed by atoms with Crippen molar-refractivity contribution in [2.45, 2.75) is 62.7 Å². The normalized spacial score (nSPS) is 41.0. The lowest BCUT2D eigenvalue weighted by Gasteiger charge is -2.57. The van der Waals surface area contributed by atoms with Gasteiger partial charge in [-0.05, 0) is 30.9 Å². The Kier molecular flexibility index (Phi) is 2.71. The number of Topliss-reactive ketones (excluding diaryl/α,β-unsaturated/α-hetero) is 1. The summed E-state index contributed by atoms with van der Waals surface area (Å²) in [6.07, 6.45) is 1.07. The van der Waals surface area contributed by atoms with Gasteiger partial charge in [-0.3, -0.25) is 14.4 Å². The molecule has 1 saturated heterocycles. The molecule has 0 radical (unpaired) electrons. The summed E-state index contributed by atoms with van der Waals surface area (Å²) in [7, 11) is 0. The van der Waals surface area contributed by atoms with Gasteiger partial charge in [-0.1, -0.05) is 6.07 Å². The van der Waals surface area contributed by atoms with Crippen LogP contribution in [-0.2, 0) is 26.2 Å². The van der Waals surface area contributed by atoms with Crippen LogP contribution in [0, 0.1) is 5.41 Å². The maximum atomic E-state index is 12.9. The van der Waals surface area contributed by atoms with Gasteiger partial charge in [-0.15, -0.1) is 0 Å². The van der Waals surface area contributed by atoms with E-state index in [2.05, 4.69) is 0 Å². The summed E-state index contributed by atoms with van der Waals surface area (Å²) in [4.78, 5) is 38.5. The largest absolute Gasteiger partial charge is 0.477 e. The molecule has 2 heterocycles. The third kappa shape index (κ3) is 1.50. The van der Waals surface area contributed by atoms with Gasteiger partial charge < -0.3 is 19.5 Å². The first kappa shape index (κ1) is 16.5. The number of aliphatic hydroxyl groups is 1. The van der Waals surface area contributed by atoms with Gasteiger partial charge in [0.1, 0.15) is 0 Å². The quantitative estimate of drug-likeness (QED) is 0.572. The zero-order chi connectivity index (χ0) is 19.6. The second-order valence-corrected chi connectivity index (χ2v) is 9.15. The fourth-order valence-corrected chi connectivity index (χ4v) is 7.20. The number of likely N-dealkylation sites (tertiary alicyclic amines) is 1. The number of amides is 1. The van der Waals surface area contributed by atoms with Crippen LogP contribution in [0.3, 0.4) is 0 Å².